The molecular weight excluding hydrogens is 156 g/mol. The largest absolute Gasteiger partial charge is 0.198 e. The molecular formula is C13H19-. The number of aryl methyl sites for hydroxylation is 3. The van der Waals surface area contributed by atoms with E-state index in [0.717, 1.165) is 19.3 Å². The Morgan fingerprint density at radius 1 is 0.923 bits per heavy atom. The molecule has 0 amide bonds. The number of rotatable bonds is 3. The van der Waals surface area contributed by atoms with E-state index in [1.54, 1.807) is 0 Å². The first-order chi connectivity index (χ1) is 6.22. The van der Waals surface area contributed by atoms with E-state index in [9.17, 15) is 0 Å². The Bertz CT molecular complexity index is 259. The van der Waals surface area contributed by atoms with Gasteiger partial charge in [-0.2, -0.15) is 12.5 Å². The van der Waals surface area contributed by atoms with Gasteiger partial charge in [-0.05, 0) is 6.42 Å². The van der Waals surface area contributed by atoms with Gasteiger partial charge in [0.2, 0.25) is 0 Å². The van der Waals surface area contributed by atoms with Crippen molar-refractivity contribution < 1.29 is 0 Å². The molecule has 0 aliphatic carbocycles. The lowest BCUT2D eigenvalue weighted by Crippen LogP contribution is -1.96. The Hall–Kier alpha value is -0.910. The molecule has 0 bridgehead atoms. The average Bonchev–Trinajstić information content (AvgIpc) is 2.18. The summed E-state index contributed by atoms with van der Waals surface area (Å²) < 4.78 is 0. The number of hydrogen-bond donors (Lipinski definition) is 0. The van der Waals surface area contributed by atoms with Crippen molar-refractivity contribution in [3.05, 3.63) is 41.3 Å². The summed E-state index contributed by atoms with van der Waals surface area (Å²) in [6, 6.07) is 4.59. The normalized spacial score (nSPS) is 10.4. The first-order valence-electron chi connectivity index (χ1n) is 5.19. The maximum Gasteiger partial charge on any atom is -0.0328 e. The SMILES string of the molecule is [CH2-]c1c(CC)cc(CC)cc1CC. The zero-order valence-electron chi connectivity index (χ0n) is 8.98. The fourth-order valence-electron chi connectivity index (χ4n) is 1.70. The smallest absolute Gasteiger partial charge is 0.0328 e. The topological polar surface area (TPSA) is 0 Å². The first-order valence-corrected chi connectivity index (χ1v) is 5.19. The Morgan fingerprint density at radius 3 is 1.69 bits per heavy atom. The Morgan fingerprint density at radius 2 is 1.38 bits per heavy atom. The standard InChI is InChI=1S/C13H19/c1-5-11-8-12(6-2)10(4)13(7-3)9-11/h8-9H,4-7H2,1-3H3/q-1. The van der Waals surface area contributed by atoms with E-state index in [1.807, 2.05) is 0 Å². The van der Waals surface area contributed by atoms with Gasteiger partial charge in [0.1, 0.15) is 0 Å². The molecule has 0 N–H and O–H groups in total. The van der Waals surface area contributed by atoms with Crippen molar-refractivity contribution in [2.45, 2.75) is 40.0 Å². The zero-order chi connectivity index (χ0) is 9.84. The second-order valence-corrected chi connectivity index (χ2v) is 3.45. The van der Waals surface area contributed by atoms with E-state index >= 15 is 0 Å². The maximum atomic E-state index is 4.14. The van der Waals surface area contributed by atoms with Gasteiger partial charge in [-0.1, -0.05) is 39.2 Å². The summed E-state index contributed by atoms with van der Waals surface area (Å²) in [6.45, 7) is 10.7. The van der Waals surface area contributed by atoms with Gasteiger partial charge in [0, 0.05) is 0 Å². The maximum absolute atomic E-state index is 4.14. The molecule has 0 spiro atoms. The van der Waals surface area contributed by atoms with E-state index in [4.69, 9.17) is 0 Å². The van der Waals surface area contributed by atoms with Crippen LogP contribution < -0.4 is 0 Å². The predicted molar refractivity (Wildman–Crippen MR) is 59.0 cm³/mol. The van der Waals surface area contributed by atoms with Crippen LogP contribution in [0.3, 0.4) is 0 Å². The van der Waals surface area contributed by atoms with E-state index < -0.39 is 0 Å². The molecule has 0 heterocycles. The highest BCUT2D eigenvalue weighted by Crippen LogP contribution is 2.18. The molecule has 1 aromatic rings. The highest BCUT2D eigenvalue weighted by molar-refractivity contribution is 5.41. The van der Waals surface area contributed by atoms with Crippen LogP contribution in [0.1, 0.15) is 43.0 Å². The van der Waals surface area contributed by atoms with Gasteiger partial charge >= 0.3 is 0 Å². The monoisotopic (exact) mass is 175 g/mol. The number of benzene rings is 1. The minimum absolute atomic E-state index is 1.10. The van der Waals surface area contributed by atoms with Crippen LogP contribution in [-0.4, -0.2) is 0 Å². The third kappa shape index (κ3) is 2.06. The van der Waals surface area contributed by atoms with Gasteiger partial charge in [-0.3, -0.25) is 0 Å². The molecule has 0 heteroatoms. The summed E-state index contributed by atoms with van der Waals surface area (Å²) in [5, 5.41) is 0. The summed E-state index contributed by atoms with van der Waals surface area (Å²) in [4.78, 5) is 0. The quantitative estimate of drug-likeness (QED) is 0.616. The van der Waals surface area contributed by atoms with Crippen molar-refractivity contribution in [1.82, 2.24) is 0 Å². The van der Waals surface area contributed by atoms with Crippen LogP contribution in [-0.2, 0) is 19.3 Å². The molecule has 13 heavy (non-hydrogen) atoms. The molecule has 0 saturated heterocycles. The van der Waals surface area contributed by atoms with Crippen LogP contribution in [0.15, 0.2) is 12.1 Å². The van der Waals surface area contributed by atoms with Crippen molar-refractivity contribution in [3.63, 3.8) is 0 Å². The van der Waals surface area contributed by atoms with Crippen LogP contribution in [0.25, 0.3) is 0 Å². The second-order valence-electron chi connectivity index (χ2n) is 3.45. The van der Waals surface area contributed by atoms with E-state index in [-0.39, 0.29) is 0 Å². The molecule has 0 radical (unpaired) electrons. The van der Waals surface area contributed by atoms with Gasteiger partial charge in [-0.25, -0.2) is 0 Å². The van der Waals surface area contributed by atoms with E-state index in [2.05, 4.69) is 39.8 Å². The average molecular weight is 175 g/mol. The Labute approximate surface area is 82.0 Å². The van der Waals surface area contributed by atoms with Gasteiger partial charge in [0.25, 0.3) is 0 Å². The lowest BCUT2D eigenvalue weighted by molar-refractivity contribution is 1.03. The third-order valence-electron chi connectivity index (χ3n) is 2.66. The van der Waals surface area contributed by atoms with E-state index in [0.29, 0.717) is 0 Å². The zero-order valence-corrected chi connectivity index (χ0v) is 8.98. The summed E-state index contributed by atoms with van der Waals surface area (Å²) >= 11 is 0. The van der Waals surface area contributed by atoms with Crippen molar-refractivity contribution in [1.29, 1.82) is 0 Å². The van der Waals surface area contributed by atoms with Gasteiger partial charge in [0.15, 0.2) is 0 Å². The minimum atomic E-state index is 1.10. The molecule has 0 aliphatic rings. The van der Waals surface area contributed by atoms with Crippen LogP contribution in [0, 0.1) is 6.92 Å². The lowest BCUT2D eigenvalue weighted by atomic mass is 9.95. The van der Waals surface area contributed by atoms with Gasteiger partial charge in [0.05, 0.1) is 0 Å². The van der Waals surface area contributed by atoms with Crippen molar-refractivity contribution >= 4 is 0 Å². The van der Waals surface area contributed by atoms with Crippen molar-refractivity contribution in [2.75, 3.05) is 0 Å². The Kier molecular flexibility index (Phi) is 3.41. The van der Waals surface area contributed by atoms with Gasteiger partial charge < -0.3 is 0 Å². The summed E-state index contributed by atoms with van der Waals surface area (Å²) in [5.74, 6) is 0. The summed E-state index contributed by atoms with van der Waals surface area (Å²) in [6.07, 6.45) is 3.32. The summed E-state index contributed by atoms with van der Waals surface area (Å²) in [7, 11) is 0. The highest BCUT2D eigenvalue weighted by atomic mass is 14.1. The minimum Gasteiger partial charge on any atom is -0.198 e. The second kappa shape index (κ2) is 4.36. The molecule has 0 aliphatic heterocycles. The van der Waals surface area contributed by atoms with Crippen LogP contribution in [0.2, 0.25) is 0 Å². The molecule has 0 aromatic heterocycles. The molecule has 1 aromatic carbocycles. The third-order valence-corrected chi connectivity index (χ3v) is 2.66. The van der Waals surface area contributed by atoms with E-state index in [1.165, 1.54) is 22.3 Å². The molecule has 0 nitrogen and oxygen atoms in total. The fourth-order valence-corrected chi connectivity index (χ4v) is 1.70. The molecule has 1 rings (SSSR count). The van der Waals surface area contributed by atoms with Crippen LogP contribution in [0.4, 0.5) is 0 Å². The molecule has 0 atom stereocenters. The molecule has 0 unspecified atom stereocenters. The molecule has 0 saturated carbocycles. The highest BCUT2D eigenvalue weighted by Gasteiger charge is 1.95. The number of hydrogen-bond acceptors (Lipinski definition) is 0. The van der Waals surface area contributed by atoms with Crippen molar-refractivity contribution in [3.8, 4) is 0 Å². The molecule has 0 fully saturated rings. The van der Waals surface area contributed by atoms with Gasteiger partial charge in [-0.15, -0.1) is 23.3 Å². The van der Waals surface area contributed by atoms with Crippen LogP contribution in [0.5, 0.6) is 0 Å². The fraction of sp³-hybridized carbons (Fsp3) is 0.462. The van der Waals surface area contributed by atoms with Crippen LogP contribution >= 0.6 is 0 Å². The Balaban J connectivity index is 3.20. The molecule has 72 valence electrons. The summed E-state index contributed by atoms with van der Waals surface area (Å²) in [5.41, 5.74) is 5.52. The van der Waals surface area contributed by atoms with Crippen molar-refractivity contribution in [2.24, 2.45) is 0 Å². The predicted octanol–water partition coefficient (Wildman–Crippen LogP) is 3.56. The lowest BCUT2D eigenvalue weighted by Gasteiger charge is -2.19. The first kappa shape index (κ1) is 10.2.